The van der Waals surface area contributed by atoms with Crippen LogP contribution in [0.3, 0.4) is 0 Å². The van der Waals surface area contributed by atoms with Crippen molar-refractivity contribution in [2.24, 2.45) is 7.05 Å². The van der Waals surface area contributed by atoms with Gasteiger partial charge in [0.25, 0.3) is 5.56 Å². The lowest BCUT2D eigenvalue weighted by atomic mass is 10.2. The highest BCUT2D eigenvalue weighted by atomic mass is 16.1. The van der Waals surface area contributed by atoms with Gasteiger partial charge in [0.05, 0.1) is 12.2 Å². The summed E-state index contributed by atoms with van der Waals surface area (Å²) in [6.45, 7) is 4.69. The Bertz CT molecular complexity index is 662. The van der Waals surface area contributed by atoms with Crippen LogP contribution < -0.4 is 16.2 Å². The quantitative estimate of drug-likeness (QED) is 0.875. The Morgan fingerprint density at radius 1 is 1.45 bits per heavy atom. The van der Waals surface area contributed by atoms with Gasteiger partial charge in [-0.1, -0.05) is 6.92 Å². The van der Waals surface area contributed by atoms with Crippen molar-refractivity contribution in [2.45, 2.75) is 26.4 Å². The Morgan fingerprint density at radius 2 is 2.30 bits per heavy atom. The van der Waals surface area contributed by atoms with E-state index in [2.05, 4.69) is 22.7 Å². The average Bonchev–Trinajstić information content (AvgIpc) is 2.85. The Hall–Kier alpha value is -2.08. The van der Waals surface area contributed by atoms with Crippen LogP contribution in [0.4, 0.5) is 11.5 Å². The molecule has 0 aromatic carbocycles. The number of hydrogen-bond acceptors (Lipinski definition) is 4. The van der Waals surface area contributed by atoms with Crippen LogP contribution in [0.2, 0.25) is 0 Å². The number of aromatic nitrogens is 3. The number of aryl methyl sites for hydroxylation is 2. The summed E-state index contributed by atoms with van der Waals surface area (Å²) in [6.07, 6.45) is 2.77. The Balaban J connectivity index is 1.93. The van der Waals surface area contributed by atoms with Crippen LogP contribution in [-0.2, 0) is 26.6 Å². The molecule has 6 heteroatoms. The van der Waals surface area contributed by atoms with Gasteiger partial charge < -0.3 is 15.2 Å². The zero-order valence-corrected chi connectivity index (χ0v) is 11.8. The lowest BCUT2D eigenvalue weighted by Crippen LogP contribution is -2.28. The monoisotopic (exact) mass is 273 g/mol. The molecule has 2 N–H and O–H groups in total. The summed E-state index contributed by atoms with van der Waals surface area (Å²) in [6, 6.07) is 3.89. The molecular formula is C14H19N5O. The Kier molecular flexibility index (Phi) is 3.31. The Morgan fingerprint density at radius 3 is 3.05 bits per heavy atom. The summed E-state index contributed by atoms with van der Waals surface area (Å²) < 4.78 is 3.59. The first kappa shape index (κ1) is 12.9. The van der Waals surface area contributed by atoms with Crippen molar-refractivity contribution in [3.63, 3.8) is 0 Å². The van der Waals surface area contributed by atoms with E-state index in [1.54, 1.807) is 11.6 Å². The van der Waals surface area contributed by atoms with Crippen molar-refractivity contribution in [3.05, 3.63) is 39.9 Å². The average molecular weight is 273 g/mol. The second kappa shape index (κ2) is 5.13. The molecule has 6 nitrogen and oxygen atoms in total. The third kappa shape index (κ3) is 2.34. The topological polar surface area (TPSA) is 63.9 Å². The highest BCUT2D eigenvalue weighted by molar-refractivity contribution is 5.56. The molecule has 0 aliphatic carbocycles. The fraction of sp³-hybridized carbons (Fsp3) is 0.429. The summed E-state index contributed by atoms with van der Waals surface area (Å²) >= 11 is 0. The molecule has 0 spiro atoms. The molecule has 0 unspecified atom stereocenters. The lowest BCUT2D eigenvalue weighted by molar-refractivity contribution is 0.476. The number of rotatable bonds is 3. The summed E-state index contributed by atoms with van der Waals surface area (Å²) in [4.78, 5) is 12.1. The fourth-order valence-electron chi connectivity index (χ4n) is 2.46. The van der Waals surface area contributed by atoms with Crippen molar-refractivity contribution in [2.75, 3.05) is 11.9 Å². The second-order valence-corrected chi connectivity index (χ2v) is 5.08. The van der Waals surface area contributed by atoms with Crippen molar-refractivity contribution in [3.8, 4) is 0 Å². The molecule has 0 atom stereocenters. The minimum atomic E-state index is -0.0358. The van der Waals surface area contributed by atoms with Gasteiger partial charge >= 0.3 is 0 Å². The predicted molar refractivity (Wildman–Crippen MR) is 78.3 cm³/mol. The van der Waals surface area contributed by atoms with E-state index in [-0.39, 0.29) is 5.56 Å². The number of pyridine rings is 1. The van der Waals surface area contributed by atoms with Crippen molar-refractivity contribution >= 4 is 11.5 Å². The summed E-state index contributed by atoms with van der Waals surface area (Å²) in [5.74, 6) is 0.731. The van der Waals surface area contributed by atoms with Gasteiger partial charge in [0.2, 0.25) is 0 Å². The minimum Gasteiger partial charge on any atom is -0.334 e. The molecule has 20 heavy (non-hydrogen) atoms. The molecule has 1 aliphatic heterocycles. The van der Waals surface area contributed by atoms with Crippen molar-refractivity contribution in [1.29, 1.82) is 0 Å². The first-order chi connectivity index (χ1) is 9.67. The number of fused-ring (bicyclic) bond motifs is 1. The highest BCUT2D eigenvalue weighted by Crippen LogP contribution is 2.16. The fourth-order valence-corrected chi connectivity index (χ4v) is 2.46. The second-order valence-electron chi connectivity index (χ2n) is 5.08. The van der Waals surface area contributed by atoms with Crippen LogP contribution in [0.15, 0.2) is 23.1 Å². The maximum atomic E-state index is 12.1. The van der Waals surface area contributed by atoms with Crippen LogP contribution in [0.25, 0.3) is 0 Å². The smallest absolute Gasteiger partial charge is 0.274 e. The van der Waals surface area contributed by atoms with Gasteiger partial charge in [-0.2, -0.15) is 5.10 Å². The maximum absolute atomic E-state index is 12.1. The largest absolute Gasteiger partial charge is 0.334 e. The number of nitrogens with one attached hydrogen (secondary N) is 2. The Labute approximate surface area is 117 Å². The molecule has 3 rings (SSSR count). The van der Waals surface area contributed by atoms with E-state index in [4.69, 9.17) is 0 Å². The molecule has 0 radical (unpaired) electrons. The molecule has 0 saturated carbocycles. The van der Waals surface area contributed by atoms with Crippen molar-refractivity contribution in [1.82, 2.24) is 19.7 Å². The first-order valence-electron chi connectivity index (χ1n) is 6.91. The molecule has 0 fully saturated rings. The van der Waals surface area contributed by atoms with Gasteiger partial charge in [-0.15, -0.1) is 0 Å². The van der Waals surface area contributed by atoms with Crippen LogP contribution in [0.1, 0.15) is 18.2 Å². The van der Waals surface area contributed by atoms with Gasteiger partial charge in [-0.3, -0.25) is 9.48 Å². The van der Waals surface area contributed by atoms with E-state index in [0.29, 0.717) is 5.69 Å². The van der Waals surface area contributed by atoms with Crippen LogP contribution >= 0.6 is 0 Å². The zero-order valence-electron chi connectivity index (χ0n) is 11.8. The lowest BCUT2D eigenvalue weighted by Gasteiger charge is -2.13. The zero-order chi connectivity index (χ0) is 14.1. The van der Waals surface area contributed by atoms with E-state index in [1.807, 2.05) is 23.0 Å². The van der Waals surface area contributed by atoms with Gasteiger partial charge in [0.1, 0.15) is 5.69 Å². The summed E-state index contributed by atoms with van der Waals surface area (Å²) in [5.41, 5.74) is 2.81. The molecule has 2 aromatic rings. The van der Waals surface area contributed by atoms with Gasteiger partial charge in [-0.05, 0) is 18.1 Å². The van der Waals surface area contributed by atoms with E-state index >= 15 is 0 Å². The van der Waals surface area contributed by atoms with Crippen LogP contribution in [0.5, 0.6) is 0 Å². The number of nitrogens with zero attached hydrogens (tertiary/aromatic N) is 3. The molecule has 2 aromatic heterocycles. The molecule has 0 saturated heterocycles. The highest BCUT2D eigenvalue weighted by Gasteiger charge is 2.13. The molecular weight excluding hydrogens is 254 g/mol. The summed E-state index contributed by atoms with van der Waals surface area (Å²) in [5, 5.41) is 10.9. The van der Waals surface area contributed by atoms with Gasteiger partial charge in [0, 0.05) is 32.4 Å². The SMILES string of the molecule is CCc1cc(Nc2cc3n(n2)CCNC3)c(=O)n(C)c1. The van der Waals surface area contributed by atoms with E-state index in [9.17, 15) is 4.79 Å². The molecule has 1 aliphatic rings. The van der Waals surface area contributed by atoms with Gasteiger partial charge in [0.15, 0.2) is 5.82 Å². The van der Waals surface area contributed by atoms with Crippen LogP contribution in [-0.4, -0.2) is 20.9 Å². The number of hydrogen-bond donors (Lipinski definition) is 2. The predicted octanol–water partition coefficient (Wildman–Crippen LogP) is 0.991. The van der Waals surface area contributed by atoms with Crippen molar-refractivity contribution < 1.29 is 0 Å². The minimum absolute atomic E-state index is 0.0358. The van der Waals surface area contributed by atoms with E-state index in [0.717, 1.165) is 43.1 Å². The molecule has 106 valence electrons. The first-order valence-corrected chi connectivity index (χ1v) is 6.91. The standard InChI is InChI=1S/C14H19N5O/c1-3-10-6-12(14(20)18(2)9-10)16-13-7-11-8-15-4-5-19(11)17-13/h6-7,9,15H,3-5,8H2,1-2H3,(H,16,17). The third-order valence-corrected chi connectivity index (χ3v) is 3.58. The van der Waals surface area contributed by atoms with E-state index < -0.39 is 0 Å². The van der Waals surface area contributed by atoms with Crippen LogP contribution in [0, 0.1) is 0 Å². The molecule has 3 heterocycles. The molecule has 0 amide bonds. The normalized spacial score (nSPS) is 14.1. The summed E-state index contributed by atoms with van der Waals surface area (Å²) in [7, 11) is 1.77. The molecule has 0 bridgehead atoms. The third-order valence-electron chi connectivity index (χ3n) is 3.58. The van der Waals surface area contributed by atoms with E-state index in [1.165, 1.54) is 0 Å². The maximum Gasteiger partial charge on any atom is 0.274 e. The van der Waals surface area contributed by atoms with Gasteiger partial charge in [-0.25, -0.2) is 0 Å². The number of anilines is 2.